The second kappa shape index (κ2) is 7.87. The highest BCUT2D eigenvalue weighted by Crippen LogP contribution is 2.23. The van der Waals surface area contributed by atoms with Gasteiger partial charge in [0.2, 0.25) is 0 Å². The van der Waals surface area contributed by atoms with Gasteiger partial charge in [0.05, 0.1) is 12.2 Å². The minimum atomic E-state index is -0.235. The Labute approximate surface area is 147 Å². The van der Waals surface area contributed by atoms with E-state index in [9.17, 15) is 4.39 Å². The van der Waals surface area contributed by atoms with E-state index in [4.69, 9.17) is 0 Å². The van der Waals surface area contributed by atoms with E-state index in [-0.39, 0.29) is 5.82 Å². The number of aromatic nitrogens is 1. The first-order chi connectivity index (χ1) is 12.2. The Balaban J connectivity index is 1.81. The van der Waals surface area contributed by atoms with Crippen molar-refractivity contribution in [3.8, 4) is 11.8 Å². The number of fused-ring (bicyclic) bond motifs is 1. The van der Waals surface area contributed by atoms with Crippen LogP contribution in [-0.4, -0.2) is 18.2 Å². The van der Waals surface area contributed by atoms with Gasteiger partial charge in [0.1, 0.15) is 5.82 Å². The smallest absolute Gasteiger partial charge is 0.123 e. The van der Waals surface area contributed by atoms with E-state index in [2.05, 4.69) is 58.2 Å². The third-order valence-corrected chi connectivity index (χ3v) is 4.16. The lowest BCUT2D eigenvalue weighted by molar-refractivity contribution is 0.628. The van der Waals surface area contributed by atoms with Crippen LogP contribution in [0.2, 0.25) is 0 Å². The summed E-state index contributed by atoms with van der Waals surface area (Å²) in [6.07, 6.45) is 0. The molecular weight excluding hydrogens is 313 g/mol. The van der Waals surface area contributed by atoms with Crippen molar-refractivity contribution in [3.63, 3.8) is 0 Å². The summed E-state index contributed by atoms with van der Waals surface area (Å²) < 4.78 is 15.1. The summed E-state index contributed by atoms with van der Waals surface area (Å²) >= 11 is 0. The molecule has 3 rings (SSSR count). The molecule has 0 unspecified atom stereocenters. The maximum atomic E-state index is 12.9. The van der Waals surface area contributed by atoms with Crippen LogP contribution in [0.4, 0.5) is 10.1 Å². The number of anilines is 1. The number of nitrogens with zero attached hydrogens (tertiary/aromatic N) is 1. The van der Waals surface area contributed by atoms with Gasteiger partial charge in [-0.25, -0.2) is 4.39 Å². The predicted octanol–water partition coefficient (Wildman–Crippen LogP) is 3.98. The molecule has 0 saturated heterocycles. The van der Waals surface area contributed by atoms with Gasteiger partial charge in [-0.1, -0.05) is 18.1 Å². The molecule has 0 aliphatic rings. The Bertz CT molecular complexity index is 914. The van der Waals surface area contributed by atoms with Crippen LogP contribution in [0.1, 0.15) is 18.2 Å². The van der Waals surface area contributed by atoms with Crippen LogP contribution in [0.15, 0.2) is 48.5 Å². The summed E-state index contributed by atoms with van der Waals surface area (Å²) in [4.78, 5) is 0. The van der Waals surface area contributed by atoms with E-state index < -0.39 is 0 Å². The van der Waals surface area contributed by atoms with E-state index in [1.54, 1.807) is 12.1 Å². The van der Waals surface area contributed by atoms with E-state index in [1.807, 2.05) is 7.05 Å². The molecule has 4 heteroatoms. The molecular formula is C21H22FN3. The molecule has 128 valence electrons. The number of aryl methyl sites for hydroxylation is 1. The lowest BCUT2D eigenvalue weighted by atomic mass is 10.1. The van der Waals surface area contributed by atoms with E-state index >= 15 is 0 Å². The second-order valence-corrected chi connectivity index (χ2v) is 5.82. The lowest BCUT2D eigenvalue weighted by Gasteiger charge is -2.05. The Morgan fingerprint density at radius 3 is 2.64 bits per heavy atom. The van der Waals surface area contributed by atoms with Crippen LogP contribution in [0.25, 0.3) is 10.9 Å². The average molecular weight is 335 g/mol. The van der Waals surface area contributed by atoms with Crippen molar-refractivity contribution in [3.05, 3.63) is 65.6 Å². The van der Waals surface area contributed by atoms with Crippen LogP contribution >= 0.6 is 0 Å². The number of hydrogen-bond acceptors (Lipinski definition) is 2. The summed E-state index contributed by atoms with van der Waals surface area (Å²) in [5.41, 5.74) is 4.37. The number of rotatable bonds is 5. The largest absolute Gasteiger partial charge is 0.374 e. The van der Waals surface area contributed by atoms with Gasteiger partial charge < -0.3 is 15.2 Å². The van der Waals surface area contributed by atoms with E-state index in [0.717, 1.165) is 24.5 Å². The molecule has 0 fully saturated rings. The normalized spacial score (nSPS) is 10.5. The summed E-state index contributed by atoms with van der Waals surface area (Å²) in [7, 11) is 1.96. The molecule has 3 aromatic rings. The quantitative estimate of drug-likeness (QED) is 0.691. The van der Waals surface area contributed by atoms with Crippen molar-refractivity contribution in [2.75, 3.05) is 18.9 Å². The van der Waals surface area contributed by atoms with E-state index in [0.29, 0.717) is 6.54 Å². The van der Waals surface area contributed by atoms with Gasteiger partial charge in [-0.15, -0.1) is 0 Å². The number of benzene rings is 2. The first kappa shape index (κ1) is 17.1. The van der Waals surface area contributed by atoms with Gasteiger partial charge in [0.15, 0.2) is 0 Å². The Hall–Kier alpha value is -2.77. The van der Waals surface area contributed by atoms with Crippen molar-refractivity contribution in [1.82, 2.24) is 9.88 Å². The molecule has 3 nitrogen and oxygen atoms in total. The molecule has 0 aliphatic heterocycles. The zero-order valence-electron chi connectivity index (χ0n) is 14.6. The highest BCUT2D eigenvalue weighted by atomic mass is 19.1. The van der Waals surface area contributed by atoms with Gasteiger partial charge in [-0.3, -0.25) is 0 Å². The number of nitrogens with one attached hydrogen (secondary N) is 2. The fourth-order valence-electron chi connectivity index (χ4n) is 2.98. The Morgan fingerprint density at radius 1 is 1.12 bits per heavy atom. The maximum absolute atomic E-state index is 12.9. The maximum Gasteiger partial charge on any atom is 0.123 e. The lowest BCUT2D eigenvalue weighted by Crippen LogP contribution is -2.05. The van der Waals surface area contributed by atoms with Gasteiger partial charge in [-0.2, -0.15) is 0 Å². The van der Waals surface area contributed by atoms with E-state index in [1.165, 1.54) is 28.6 Å². The van der Waals surface area contributed by atoms with Crippen molar-refractivity contribution in [2.45, 2.75) is 20.0 Å². The van der Waals surface area contributed by atoms with Crippen LogP contribution in [0, 0.1) is 17.7 Å². The molecule has 2 aromatic carbocycles. The van der Waals surface area contributed by atoms with Crippen LogP contribution < -0.4 is 10.6 Å². The fourth-order valence-corrected chi connectivity index (χ4v) is 2.98. The minimum Gasteiger partial charge on any atom is -0.374 e. The molecule has 25 heavy (non-hydrogen) atoms. The standard InChI is InChI=1S/C21H22FN3/c1-3-25-19(7-5-13-24-18-11-9-17(22)10-12-18)14-20-16(15-23-2)6-4-8-21(20)25/h4,6,8-12,14,23-24H,3,13,15H2,1-2H3. The third-order valence-electron chi connectivity index (χ3n) is 4.16. The Morgan fingerprint density at radius 2 is 1.92 bits per heavy atom. The van der Waals surface area contributed by atoms with Crippen molar-refractivity contribution >= 4 is 16.6 Å². The van der Waals surface area contributed by atoms with Crippen molar-refractivity contribution in [1.29, 1.82) is 0 Å². The molecule has 0 radical (unpaired) electrons. The fraction of sp³-hybridized carbons (Fsp3) is 0.238. The first-order valence-corrected chi connectivity index (χ1v) is 8.47. The summed E-state index contributed by atoms with van der Waals surface area (Å²) in [6.45, 7) is 4.36. The number of halogens is 1. The second-order valence-electron chi connectivity index (χ2n) is 5.82. The molecule has 0 spiro atoms. The van der Waals surface area contributed by atoms with Gasteiger partial charge >= 0.3 is 0 Å². The first-order valence-electron chi connectivity index (χ1n) is 8.47. The SMILES string of the molecule is CCn1c(C#CCNc2ccc(F)cc2)cc2c(CNC)cccc21. The van der Waals surface area contributed by atoms with Gasteiger partial charge in [-0.05, 0) is 61.9 Å². The molecule has 0 bridgehead atoms. The zero-order valence-corrected chi connectivity index (χ0v) is 14.6. The van der Waals surface area contributed by atoms with Crippen molar-refractivity contribution in [2.24, 2.45) is 0 Å². The molecule has 2 N–H and O–H groups in total. The van der Waals surface area contributed by atoms with Crippen LogP contribution in [0.5, 0.6) is 0 Å². The number of hydrogen-bond donors (Lipinski definition) is 2. The van der Waals surface area contributed by atoms with Crippen LogP contribution in [0.3, 0.4) is 0 Å². The minimum absolute atomic E-state index is 0.235. The van der Waals surface area contributed by atoms with Gasteiger partial charge in [0.25, 0.3) is 0 Å². The summed E-state index contributed by atoms with van der Waals surface area (Å²) in [5.74, 6) is 6.19. The third kappa shape index (κ3) is 3.84. The molecule has 0 amide bonds. The van der Waals surface area contributed by atoms with Gasteiger partial charge in [0, 0.05) is 29.7 Å². The average Bonchev–Trinajstić information content (AvgIpc) is 2.99. The molecule has 1 heterocycles. The van der Waals surface area contributed by atoms with Crippen molar-refractivity contribution < 1.29 is 4.39 Å². The highest BCUT2D eigenvalue weighted by molar-refractivity contribution is 5.85. The van der Waals surface area contributed by atoms with Crippen LogP contribution in [-0.2, 0) is 13.1 Å². The topological polar surface area (TPSA) is 29.0 Å². The summed E-state index contributed by atoms with van der Waals surface area (Å²) in [5, 5.41) is 7.65. The molecule has 0 saturated carbocycles. The molecule has 1 aromatic heterocycles. The Kier molecular flexibility index (Phi) is 5.37. The summed E-state index contributed by atoms with van der Waals surface area (Å²) in [6, 6.07) is 14.8. The molecule has 0 aliphatic carbocycles. The predicted molar refractivity (Wildman–Crippen MR) is 102 cm³/mol. The zero-order chi connectivity index (χ0) is 17.6. The highest BCUT2D eigenvalue weighted by Gasteiger charge is 2.08. The monoisotopic (exact) mass is 335 g/mol. The molecule has 0 atom stereocenters.